The van der Waals surface area contributed by atoms with Gasteiger partial charge < -0.3 is 26.0 Å². The number of ether oxygens (including phenoxy) is 1. The maximum Gasteiger partial charge on any atom is 0.325 e. The number of esters is 1. The van der Waals surface area contributed by atoms with E-state index in [1.807, 2.05) is 18.2 Å². The highest BCUT2D eigenvalue weighted by Crippen LogP contribution is 2.22. The van der Waals surface area contributed by atoms with Crippen LogP contribution in [0.1, 0.15) is 44.0 Å². The van der Waals surface area contributed by atoms with Crippen LogP contribution in [0.2, 0.25) is 0 Å². The molecule has 1 aromatic heterocycles. The predicted molar refractivity (Wildman–Crippen MR) is 123 cm³/mol. The Morgan fingerprint density at radius 3 is 2.53 bits per heavy atom. The number of aromatic nitrogens is 2. The minimum absolute atomic E-state index is 0.0105. The van der Waals surface area contributed by atoms with E-state index >= 15 is 0 Å². The van der Waals surface area contributed by atoms with Crippen LogP contribution >= 0.6 is 0 Å². The number of hydrogen-bond donors (Lipinski definition) is 3. The Kier molecular flexibility index (Phi) is 7.63. The van der Waals surface area contributed by atoms with Crippen molar-refractivity contribution >= 4 is 23.5 Å². The molecule has 1 fully saturated rings. The molecule has 4 N–H and O–H groups in total. The van der Waals surface area contributed by atoms with E-state index in [0.717, 1.165) is 31.6 Å². The van der Waals surface area contributed by atoms with Crippen molar-refractivity contribution < 1.29 is 14.3 Å². The van der Waals surface area contributed by atoms with Gasteiger partial charge in [0.05, 0.1) is 0 Å². The molecule has 0 spiro atoms. The minimum atomic E-state index is -0.915. The van der Waals surface area contributed by atoms with Crippen molar-refractivity contribution in [1.82, 2.24) is 15.3 Å². The van der Waals surface area contributed by atoms with Crippen LogP contribution in [-0.4, -0.2) is 59.2 Å². The number of nitrogens with one attached hydrogen (secondary N) is 2. The largest absolute Gasteiger partial charge is 0.459 e. The average Bonchev–Trinajstić information content (AvgIpc) is 2.77. The second-order valence-electron chi connectivity index (χ2n) is 8.88. The summed E-state index contributed by atoms with van der Waals surface area (Å²) in [4.78, 5) is 35.3. The predicted octanol–water partition coefficient (Wildman–Crippen LogP) is 1.96. The van der Waals surface area contributed by atoms with Crippen LogP contribution in [-0.2, 0) is 9.53 Å². The first-order valence-electron chi connectivity index (χ1n) is 10.9. The van der Waals surface area contributed by atoms with Crippen LogP contribution in [0.4, 0.5) is 11.6 Å². The van der Waals surface area contributed by atoms with Gasteiger partial charge in [-0.1, -0.05) is 6.07 Å². The molecule has 9 nitrogen and oxygen atoms in total. The molecule has 9 heteroatoms. The second kappa shape index (κ2) is 10.4. The zero-order chi connectivity index (χ0) is 23.1. The molecule has 2 heterocycles. The highest BCUT2D eigenvalue weighted by Gasteiger charge is 2.23. The zero-order valence-electron chi connectivity index (χ0n) is 18.9. The molecule has 2 aromatic rings. The number of carbonyl (C=O) groups excluding carboxylic acids is 2. The van der Waals surface area contributed by atoms with Crippen LogP contribution in [0.15, 0.2) is 42.7 Å². The summed E-state index contributed by atoms with van der Waals surface area (Å²) in [5, 5.41) is 6.09. The topological polar surface area (TPSA) is 122 Å². The zero-order valence-corrected chi connectivity index (χ0v) is 18.9. The number of amides is 1. The molecule has 1 aliphatic rings. The molecule has 1 aromatic carbocycles. The van der Waals surface area contributed by atoms with Crippen molar-refractivity contribution in [1.29, 1.82) is 0 Å². The number of anilines is 2. The van der Waals surface area contributed by atoms with E-state index < -0.39 is 17.6 Å². The number of benzene rings is 1. The first-order valence-corrected chi connectivity index (χ1v) is 10.9. The number of carbonyl (C=O) groups is 2. The molecular weight excluding hydrogens is 408 g/mol. The Hall–Kier alpha value is -3.20. The van der Waals surface area contributed by atoms with Crippen molar-refractivity contribution in [3.63, 3.8) is 0 Å². The number of nitrogens with zero attached hydrogens (tertiary/aromatic N) is 3. The fourth-order valence-corrected chi connectivity index (χ4v) is 3.45. The van der Waals surface area contributed by atoms with Gasteiger partial charge in [0.1, 0.15) is 11.6 Å². The SMILES string of the molecule is CC(C)(C)OC(=O)C(N)CNC(=O)c1cccc(N2CCC(Nc3ncccn3)CC2)c1. The quantitative estimate of drug-likeness (QED) is 0.559. The number of nitrogens with two attached hydrogens (primary N) is 1. The lowest BCUT2D eigenvalue weighted by atomic mass is 10.0. The minimum Gasteiger partial charge on any atom is -0.459 e. The Labute approximate surface area is 188 Å². The van der Waals surface area contributed by atoms with Crippen LogP contribution in [0.25, 0.3) is 0 Å². The average molecular weight is 441 g/mol. The van der Waals surface area contributed by atoms with E-state index in [4.69, 9.17) is 10.5 Å². The Morgan fingerprint density at radius 2 is 1.88 bits per heavy atom. The fraction of sp³-hybridized carbons (Fsp3) is 0.478. The van der Waals surface area contributed by atoms with E-state index in [2.05, 4.69) is 25.5 Å². The van der Waals surface area contributed by atoms with E-state index in [-0.39, 0.29) is 12.5 Å². The normalized spacial score (nSPS) is 15.7. The lowest BCUT2D eigenvalue weighted by molar-refractivity contribution is -0.156. The van der Waals surface area contributed by atoms with Gasteiger partial charge in [-0.3, -0.25) is 9.59 Å². The molecule has 1 amide bonds. The highest BCUT2D eigenvalue weighted by atomic mass is 16.6. The van der Waals surface area contributed by atoms with Crippen molar-refractivity contribution in [2.24, 2.45) is 5.73 Å². The molecular formula is C23H32N6O3. The van der Waals surface area contributed by atoms with Gasteiger partial charge in [0, 0.05) is 49.3 Å². The Bertz CT molecular complexity index is 907. The molecule has 3 rings (SSSR count). The Balaban J connectivity index is 1.50. The van der Waals surface area contributed by atoms with Gasteiger partial charge in [0.15, 0.2) is 0 Å². The van der Waals surface area contributed by atoms with E-state index in [0.29, 0.717) is 17.6 Å². The van der Waals surface area contributed by atoms with Gasteiger partial charge in [-0.2, -0.15) is 0 Å². The van der Waals surface area contributed by atoms with Crippen LogP contribution < -0.4 is 21.3 Å². The van der Waals surface area contributed by atoms with Gasteiger partial charge in [-0.05, 0) is 57.9 Å². The van der Waals surface area contributed by atoms with E-state index in [1.54, 1.807) is 45.3 Å². The van der Waals surface area contributed by atoms with E-state index in [9.17, 15) is 9.59 Å². The third-order valence-electron chi connectivity index (χ3n) is 5.06. The van der Waals surface area contributed by atoms with Gasteiger partial charge in [-0.25, -0.2) is 9.97 Å². The maximum absolute atomic E-state index is 12.6. The smallest absolute Gasteiger partial charge is 0.325 e. The van der Waals surface area contributed by atoms with Crippen LogP contribution in [0.3, 0.4) is 0 Å². The molecule has 0 aliphatic carbocycles. The van der Waals surface area contributed by atoms with Crippen molar-refractivity contribution in [3.8, 4) is 0 Å². The summed E-state index contributed by atoms with van der Waals surface area (Å²) >= 11 is 0. The summed E-state index contributed by atoms with van der Waals surface area (Å²) in [6, 6.07) is 8.66. The highest BCUT2D eigenvalue weighted by molar-refractivity contribution is 5.95. The van der Waals surface area contributed by atoms with Crippen molar-refractivity contribution in [2.75, 3.05) is 29.9 Å². The molecule has 1 aliphatic heterocycles. The summed E-state index contributed by atoms with van der Waals surface area (Å²) in [7, 11) is 0. The first-order chi connectivity index (χ1) is 15.2. The molecule has 1 atom stereocenters. The van der Waals surface area contributed by atoms with Crippen molar-refractivity contribution in [3.05, 3.63) is 48.3 Å². The molecule has 1 unspecified atom stereocenters. The number of piperidine rings is 1. The molecule has 172 valence electrons. The first kappa shape index (κ1) is 23.5. The number of hydrogen-bond acceptors (Lipinski definition) is 8. The lowest BCUT2D eigenvalue weighted by Gasteiger charge is -2.34. The molecule has 0 radical (unpaired) electrons. The monoisotopic (exact) mass is 440 g/mol. The second-order valence-corrected chi connectivity index (χ2v) is 8.88. The summed E-state index contributed by atoms with van der Waals surface area (Å²) in [5.41, 5.74) is 6.75. The van der Waals surface area contributed by atoms with Crippen LogP contribution in [0, 0.1) is 0 Å². The third-order valence-corrected chi connectivity index (χ3v) is 5.06. The lowest BCUT2D eigenvalue weighted by Crippen LogP contribution is -2.45. The molecule has 1 saturated heterocycles. The van der Waals surface area contributed by atoms with Gasteiger partial charge in [-0.15, -0.1) is 0 Å². The van der Waals surface area contributed by atoms with Crippen molar-refractivity contribution in [2.45, 2.75) is 51.3 Å². The summed E-state index contributed by atoms with van der Waals surface area (Å²) in [6.45, 7) is 7.05. The van der Waals surface area contributed by atoms with E-state index in [1.165, 1.54) is 0 Å². The van der Waals surface area contributed by atoms with Gasteiger partial charge >= 0.3 is 5.97 Å². The summed E-state index contributed by atoms with van der Waals surface area (Å²) in [6.07, 6.45) is 5.33. The maximum atomic E-state index is 12.6. The number of rotatable bonds is 7. The summed E-state index contributed by atoms with van der Waals surface area (Å²) in [5.74, 6) is -0.165. The van der Waals surface area contributed by atoms with Crippen LogP contribution in [0.5, 0.6) is 0 Å². The third kappa shape index (κ3) is 6.91. The fourth-order valence-electron chi connectivity index (χ4n) is 3.45. The Morgan fingerprint density at radius 1 is 1.19 bits per heavy atom. The molecule has 0 saturated carbocycles. The van der Waals surface area contributed by atoms with Gasteiger partial charge in [0.25, 0.3) is 5.91 Å². The molecule has 0 bridgehead atoms. The summed E-state index contributed by atoms with van der Waals surface area (Å²) < 4.78 is 5.25. The van der Waals surface area contributed by atoms with Gasteiger partial charge in [0.2, 0.25) is 5.95 Å². The molecule has 32 heavy (non-hydrogen) atoms. The standard InChI is InChI=1S/C23H32N6O3/c1-23(2,3)32-21(31)19(24)15-27-20(30)16-6-4-7-18(14-16)29-12-8-17(9-13-29)28-22-25-10-5-11-26-22/h4-7,10-11,14,17,19H,8-9,12-13,15,24H2,1-3H3,(H,27,30)(H,25,26,28).